The van der Waals surface area contributed by atoms with Crippen LogP contribution >= 0.6 is 24.0 Å². The highest BCUT2D eigenvalue weighted by Crippen LogP contribution is 2.26. The summed E-state index contributed by atoms with van der Waals surface area (Å²) in [6.07, 6.45) is 1.70. The lowest BCUT2D eigenvalue weighted by Gasteiger charge is -2.05. The number of benzene rings is 2. The smallest absolute Gasteiger partial charge is 0.343 e. The number of amides is 1. The topological polar surface area (TPSA) is 55.4 Å². The van der Waals surface area contributed by atoms with Crippen LogP contribution in [0, 0.1) is 5.82 Å². The van der Waals surface area contributed by atoms with Gasteiger partial charge in [0.15, 0.2) is 0 Å². The minimum atomic E-state index is -0.572. The molecule has 2 aromatic carbocycles. The van der Waals surface area contributed by atoms with E-state index in [4.69, 9.17) is 17.0 Å². The summed E-state index contributed by atoms with van der Waals surface area (Å²) in [6.45, 7) is 0. The van der Waals surface area contributed by atoms with Crippen molar-refractivity contribution in [2.75, 3.05) is 0 Å². The lowest BCUT2D eigenvalue weighted by Crippen LogP contribution is -2.17. The Balaban J connectivity index is 1.69. The SMILES string of the molecule is O=C1NC(=S)S/C1=C/c1ccc(OC(=O)c2ccc(F)cc2)cc1. The van der Waals surface area contributed by atoms with Crippen molar-refractivity contribution in [1.82, 2.24) is 5.32 Å². The van der Waals surface area contributed by atoms with Gasteiger partial charge in [-0.05, 0) is 48.0 Å². The number of hydrogen-bond donors (Lipinski definition) is 1. The summed E-state index contributed by atoms with van der Waals surface area (Å²) in [6, 6.07) is 11.8. The van der Waals surface area contributed by atoms with Gasteiger partial charge >= 0.3 is 5.97 Å². The number of hydrogen-bond acceptors (Lipinski definition) is 5. The number of carbonyl (C=O) groups excluding carboxylic acids is 2. The quantitative estimate of drug-likeness (QED) is 0.393. The van der Waals surface area contributed by atoms with Gasteiger partial charge in [-0.15, -0.1) is 0 Å². The molecule has 1 amide bonds. The average Bonchev–Trinajstić information content (AvgIpc) is 2.87. The number of thioether (sulfide) groups is 1. The number of nitrogens with one attached hydrogen (secondary N) is 1. The molecule has 1 heterocycles. The van der Waals surface area contributed by atoms with Crippen molar-refractivity contribution < 1.29 is 18.7 Å². The van der Waals surface area contributed by atoms with Gasteiger partial charge in [0.1, 0.15) is 15.9 Å². The minimum absolute atomic E-state index is 0.225. The maximum atomic E-state index is 12.8. The molecule has 3 rings (SSSR count). The highest BCUT2D eigenvalue weighted by molar-refractivity contribution is 8.26. The van der Waals surface area contributed by atoms with Gasteiger partial charge < -0.3 is 10.1 Å². The van der Waals surface area contributed by atoms with Crippen molar-refractivity contribution in [2.24, 2.45) is 0 Å². The molecule has 0 unspecified atom stereocenters. The molecule has 0 spiro atoms. The van der Waals surface area contributed by atoms with Gasteiger partial charge in [-0.1, -0.05) is 36.1 Å². The number of thiocarbonyl (C=S) groups is 1. The fourth-order valence-corrected chi connectivity index (χ4v) is 3.00. The van der Waals surface area contributed by atoms with E-state index < -0.39 is 11.8 Å². The Labute approximate surface area is 146 Å². The average molecular weight is 359 g/mol. The van der Waals surface area contributed by atoms with Gasteiger partial charge in [0.2, 0.25) is 0 Å². The van der Waals surface area contributed by atoms with Crippen LogP contribution in [0.15, 0.2) is 53.4 Å². The third-order valence-corrected chi connectivity index (χ3v) is 4.27. The first-order chi connectivity index (χ1) is 11.5. The van der Waals surface area contributed by atoms with Crippen LogP contribution in [0.5, 0.6) is 5.75 Å². The maximum absolute atomic E-state index is 12.8. The van der Waals surface area contributed by atoms with Crippen LogP contribution < -0.4 is 10.1 Å². The van der Waals surface area contributed by atoms with Crippen molar-refractivity contribution in [2.45, 2.75) is 0 Å². The van der Waals surface area contributed by atoms with Gasteiger partial charge in [-0.25, -0.2) is 9.18 Å². The Kier molecular flexibility index (Phi) is 4.73. The number of esters is 1. The fourth-order valence-electron chi connectivity index (χ4n) is 1.96. The lowest BCUT2D eigenvalue weighted by atomic mass is 10.2. The Morgan fingerprint density at radius 1 is 1.12 bits per heavy atom. The van der Waals surface area contributed by atoms with Gasteiger partial charge in [-0.3, -0.25) is 4.79 Å². The highest BCUT2D eigenvalue weighted by atomic mass is 32.2. The molecule has 0 aromatic heterocycles. The molecule has 1 fully saturated rings. The molecule has 1 N–H and O–H groups in total. The first-order valence-corrected chi connectivity index (χ1v) is 8.06. The molecule has 2 aromatic rings. The van der Waals surface area contributed by atoms with Crippen molar-refractivity contribution in [3.8, 4) is 5.75 Å². The summed E-state index contributed by atoms with van der Waals surface area (Å²) >= 11 is 6.12. The summed E-state index contributed by atoms with van der Waals surface area (Å²) in [4.78, 5) is 24.0. The molecule has 1 aliphatic rings. The molecule has 120 valence electrons. The Morgan fingerprint density at radius 2 is 1.79 bits per heavy atom. The van der Waals surface area contributed by atoms with Gasteiger partial charge in [0, 0.05) is 0 Å². The van der Waals surface area contributed by atoms with Gasteiger partial charge in [-0.2, -0.15) is 0 Å². The van der Waals surface area contributed by atoms with E-state index in [9.17, 15) is 14.0 Å². The highest BCUT2D eigenvalue weighted by Gasteiger charge is 2.21. The Hall–Kier alpha value is -2.51. The van der Waals surface area contributed by atoms with Gasteiger partial charge in [0.05, 0.1) is 10.5 Å². The summed E-state index contributed by atoms with van der Waals surface area (Å²) in [7, 11) is 0. The molecule has 0 saturated carbocycles. The zero-order valence-corrected chi connectivity index (χ0v) is 13.7. The van der Waals surface area contributed by atoms with Crippen LogP contribution in [0.2, 0.25) is 0 Å². The third-order valence-electron chi connectivity index (χ3n) is 3.11. The number of halogens is 1. The van der Waals surface area contributed by atoms with Crippen molar-refractivity contribution in [1.29, 1.82) is 0 Å². The van der Waals surface area contributed by atoms with Crippen LogP contribution in [0.1, 0.15) is 15.9 Å². The lowest BCUT2D eigenvalue weighted by molar-refractivity contribution is -0.115. The predicted molar refractivity (Wildman–Crippen MR) is 94.1 cm³/mol. The molecule has 0 bridgehead atoms. The van der Waals surface area contributed by atoms with E-state index in [-0.39, 0.29) is 11.5 Å². The molecule has 0 atom stereocenters. The number of ether oxygens (including phenoxy) is 1. The second-order valence-corrected chi connectivity index (χ2v) is 6.54. The molecule has 0 aliphatic carbocycles. The maximum Gasteiger partial charge on any atom is 0.343 e. The summed E-state index contributed by atoms with van der Waals surface area (Å²) in [5, 5.41) is 2.54. The molecular formula is C17H10FNO3S2. The predicted octanol–water partition coefficient (Wildman–Crippen LogP) is 3.53. The Bertz CT molecular complexity index is 845. The standard InChI is InChI=1S/C17H10FNO3S2/c18-12-5-3-11(4-6-12)16(21)22-13-7-1-10(2-8-13)9-14-15(20)19-17(23)24-14/h1-9H,(H,19,20,23)/b14-9+. The molecule has 7 heteroatoms. The van der Waals surface area contributed by atoms with E-state index in [1.165, 1.54) is 36.0 Å². The van der Waals surface area contributed by atoms with E-state index in [2.05, 4.69) is 5.32 Å². The second-order valence-electron chi connectivity index (χ2n) is 4.82. The first-order valence-electron chi connectivity index (χ1n) is 6.84. The van der Waals surface area contributed by atoms with Crippen molar-refractivity contribution >= 4 is 46.3 Å². The number of rotatable bonds is 3. The normalized spacial score (nSPS) is 15.5. The van der Waals surface area contributed by atoms with Crippen LogP contribution in [0.4, 0.5) is 4.39 Å². The largest absolute Gasteiger partial charge is 0.423 e. The van der Waals surface area contributed by atoms with Crippen molar-refractivity contribution in [3.05, 3.63) is 70.4 Å². The zero-order valence-electron chi connectivity index (χ0n) is 12.1. The zero-order chi connectivity index (χ0) is 17.1. The molecule has 24 heavy (non-hydrogen) atoms. The van der Waals surface area contributed by atoms with E-state index >= 15 is 0 Å². The molecular weight excluding hydrogens is 349 g/mol. The van der Waals surface area contributed by atoms with Gasteiger partial charge in [0.25, 0.3) is 5.91 Å². The van der Waals surface area contributed by atoms with E-state index in [0.29, 0.717) is 15.0 Å². The molecule has 1 saturated heterocycles. The van der Waals surface area contributed by atoms with E-state index in [1.807, 2.05) is 0 Å². The van der Waals surface area contributed by atoms with Crippen LogP contribution in [0.25, 0.3) is 6.08 Å². The molecule has 4 nitrogen and oxygen atoms in total. The second kappa shape index (κ2) is 6.94. The summed E-state index contributed by atoms with van der Waals surface area (Å²) in [5.74, 6) is -0.864. The van der Waals surface area contributed by atoms with Crippen molar-refractivity contribution in [3.63, 3.8) is 0 Å². The minimum Gasteiger partial charge on any atom is -0.423 e. The van der Waals surface area contributed by atoms with E-state index in [1.54, 1.807) is 30.3 Å². The van der Waals surface area contributed by atoms with Crippen LogP contribution in [-0.2, 0) is 4.79 Å². The van der Waals surface area contributed by atoms with E-state index in [0.717, 1.165) is 5.56 Å². The summed E-state index contributed by atoms with van der Waals surface area (Å²) in [5.41, 5.74) is 1.04. The Morgan fingerprint density at radius 3 is 2.38 bits per heavy atom. The third kappa shape index (κ3) is 3.87. The summed E-state index contributed by atoms with van der Waals surface area (Å²) < 4.78 is 18.5. The number of carbonyl (C=O) groups is 2. The van der Waals surface area contributed by atoms with Crippen LogP contribution in [-0.4, -0.2) is 16.2 Å². The van der Waals surface area contributed by atoms with Crippen LogP contribution in [0.3, 0.4) is 0 Å². The molecule has 1 aliphatic heterocycles. The monoisotopic (exact) mass is 359 g/mol. The fraction of sp³-hybridized carbons (Fsp3) is 0. The first kappa shape index (κ1) is 16.4. The molecule has 0 radical (unpaired) electrons.